The van der Waals surface area contributed by atoms with Gasteiger partial charge in [-0.25, -0.2) is 4.39 Å². The Bertz CT molecular complexity index is 253. The van der Waals surface area contributed by atoms with Crippen LogP contribution in [0.3, 0.4) is 0 Å². The Morgan fingerprint density at radius 3 is 2.53 bits per heavy atom. The number of alkyl halides is 1. The van der Waals surface area contributed by atoms with Crippen molar-refractivity contribution in [3.05, 3.63) is 0 Å². The van der Waals surface area contributed by atoms with E-state index in [4.69, 9.17) is 4.74 Å². The van der Waals surface area contributed by atoms with Crippen molar-refractivity contribution in [1.82, 2.24) is 4.90 Å². The Balaban J connectivity index is 1.77. The van der Waals surface area contributed by atoms with Crippen LogP contribution in [0.4, 0.5) is 4.39 Å². The van der Waals surface area contributed by atoms with Crippen LogP contribution in [0.5, 0.6) is 0 Å². The van der Waals surface area contributed by atoms with Crippen LogP contribution in [0.1, 0.15) is 40.0 Å². The van der Waals surface area contributed by atoms with Crippen molar-refractivity contribution in [2.75, 3.05) is 26.2 Å². The van der Waals surface area contributed by atoms with Crippen LogP contribution >= 0.6 is 0 Å². The van der Waals surface area contributed by atoms with Crippen molar-refractivity contribution in [3.63, 3.8) is 0 Å². The molecule has 100 valence electrons. The van der Waals surface area contributed by atoms with Crippen LogP contribution in [0.2, 0.25) is 0 Å². The monoisotopic (exact) mass is 243 g/mol. The average Bonchev–Trinajstić information content (AvgIpc) is 2.94. The van der Waals surface area contributed by atoms with Gasteiger partial charge in [-0.3, -0.25) is 4.90 Å². The predicted molar refractivity (Wildman–Crippen MR) is 67.9 cm³/mol. The summed E-state index contributed by atoms with van der Waals surface area (Å²) >= 11 is 0. The highest BCUT2D eigenvalue weighted by Gasteiger charge is 2.46. The summed E-state index contributed by atoms with van der Waals surface area (Å²) in [6.45, 7) is 9.73. The summed E-state index contributed by atoms with van der Waals surface area (Å²) in [6.07, 6.45) is 3.17. The fourth-order valence-corrected chi connectivity index (χ4v) is 2.77. The lowest BCUT2D eigenvalue weighted by Crippen LogP contribution is -2.32. The SMILES string of the molecule is CCC1CN(CC2(COC(C)C)CC2)CC1F. The molecule has 1 saturated heterocycles. The second-order valence-electron chi connectivity index (χ2n) is 6.24. The Labute approximate surface area is 105 Å². The van der Waals surface area contributed by atoms with Gasteiger partial charge in [-0.2, -0.15) is 0 Å². The van der Waals surface area contributed by atoms with Gasteiger partial charge in [0, 0.05) is 31.0 Å². The van der Waals surface area contributed by atoms with Gasteiger partial charge in [0.15, 0.2) is 0 Å². The number of ether oxygens (including phenoxy) is 1. The lowest BCUT2D eigenvalue weighted by atomic mass is 10.1. The predicted octanol–water partition coefficient (Wildman–Crippen LogP) is 2.87. The van der Waals surface area contributed by atoms with Gasteiger partial charge < -0.3 is 4.74 Å². The first-order valence-corrected chi connectivity index (χ1v) is 7.03. The molecule has 1 saturated carbocycles. The van der Waals surface area contributed by atoms with Gasteiger partial charge in [0.1, 0.15) is 6.17 Å². The van der Waals surface area contributed by atoms with E-state index >= 15 is 0 Å². The lowest BCUT2D eigenvalue weighted by molar-refractivity contribution is 0.0327. The van der Waals surface area contributed by atoms with E-state index in [9.17, 15) is 4.39 Å². The molecule has 0 aromatic heterocycles. The molecule has 1 aliphatic heterocycles. The molecule has 0 radical (unpaired) electrons. The second kappa shape index (κ2) is 5.23. The minimum absolute atomic E-state index is 0.261. The van der Waals surface area contributed by atoms with Crippen molar-refractivity contribution in [3.8, 4) is 0 Å². The molecule has 2 fully saturated rings. The van der Waals surface area contributed by atoms with Crippen LogP contribution in [0, 0.1) is 11.3 Å². The van der Waals surface area contributed by atoms with E-state index < -0.39 is 6.17 Å². The Kier molecular flexibility index (Phi) is 4.09. The maximum absolute atomic E-state index is 13.7. The first kappa shape index (κ1) is 13.3. The summed E-state index contributed by atoms with van der Waals surface area (Å²) in [5.74, 6) is 0.261. The maximum atomic E-state index is 13.7. The summed E-state index contributed by atoms with van der Waals surface area (Å²) < 4.78 is 19.4. The molecule has 1 heterocycles. The van der Waals surface area contributed by atoms with E-state index in [1.165, 1.54) is 12.8 Å². The molecule has 3 heteroatoms. The van der Waals surface area contributed by atoms with Gasteiger partial charge in [-0.15, -0.1) is 0 Å². The molecule has 0 bridgehead atoms. The Morgan fingerprint density at radius 2 is 2.06 bits per heavy atom. The smallest absolute Gasteiger partial charge is 0.117 e. The van der Waals surface area contributed by atoms with Gasteiger partial charge in [0.25, 0.3) is 0 Å². The molecule has 17 heavy (non-hydrogen) atoms. The highest BCUT2D eigenvalue weighted by Crippen LogP contribution is 2.47. The minimum atomic E-state index is -0.609. The molecule has 0 spiro atoms. The maximum Gasteiger partial charge on any atom is 0.117 e. The third kappa shape index (κ3) is 3.41. The van der Waals surface area contributed by atoms with Gasteiger partial charge in [0.2, 0.25) is 0 Å². The zero-order valence-corrected chi connectivity index (χ0v) is 11.4. The molecule has 2 rings (SSSR count). The van der Waals surface area contributed by atoms with Crippen molar-refractivity contribution in [2.45, 2.75) is 52.3 Å². The number of hydrogen-bond donors (Lipinski definition) is 0. The molecule has 2 nitrogen and oxygen atoms in total. The summed E-state index contributed by atoms with van der Waals surface area (Å²) in [7, 11) is 0. The summed E-state index contributed by atoms with van der Waals surface area (Å²) in [6, 6.07) is 0. The zero-order chi connectivity index (χ0) is 12.5. The van der Waals surface area contributed by atoms with Crippen molar-refractivity contribution in [2.24, 2.45) is 11.3 Å². The number of halogens is 1. The van der Waals surface area contributed by atoms with Crippen LogP contribution in [-0.4, -0.2) is 43.4 Å². The van der Waals surface area contributed by atoms with E-state index in [-0.39, 0.29) is 5.92 Å². The Morgan fingerprint density at radius 1 is 1.35 bits per heavy atom. The normalized spacial score (nSPS) is 32.3. The second-order valence-corrected chi connectivity index (χ2v) is 6.24. The first-order valence-electron chi connectivity index (χ1n) is 7.03. The molecule has 2 aliphatic rings. The minimum Gasteiger partial charge on any atom is -0.378 e. The van der Waals surface area contributed by atoms with Crippen LogP contribution < -0.4 is 0 Å². The molecule has 2 unspecified atom stereocenters. The Hall–Kier alpha value is -0.150. The standard InChI is InChI=1S/C14H26FNO/c1-4-12-7-16(8-13(12)15)9-14(5-6-14)10-17-11(2)3/h11-13H,4-10H2,1-3H3. The van der Waals surface area contributed by atoms with Gasteiger partial charge in [-0.05, 0) is 33.1 Å². The molecule has 0 aromatic rings. The number of nitrogens with zero attached hydrogens (tertiary/aromatic N) is 1. The molecule has 0 amide bonds. The zero-order valence-electron chi connectivity index (χ0n) is 11.4. The third-order valence-electron chi connectivity index (χ3n) is 4.20. The molecule has 0 aromatic carbocycles. The van der Waals surface area contributed by atoms with Crippen LogP contribution in [0.15, 0.2) is 0 Å². The van der Waals surface area contributed by atoms with E-state index in [2.05, 4.69) is 25.7 Å². The highest BCUT2D eigenvalue weighted by atomic mass is 19.1. The fraction of sp³-hybridized carbons (Fsp3) is 1.00. The fourth-order valence-electron chi connectivity index (χ4n) is 2.77. The lowest BCUT2D eigenvalue weighted by Gasteiger charge is -2.24. The van der Waals surface area contributed by atoms with E-state index in [1.807, 2.05) is 0 Å². The van der Waals surface area contributed by atoms with E-state index in [1.54, 1.807) is 0 Å². The van der Waals surface area contributed by atoms with E-state index in [0.717, 1.165) is 26.1 Å². The molecular weight excluding hydrogens is 217 g/mol. The number of rotatable bonds is 6. The largest absolute Gasteiger partial charge is 0.378 e. The number of likely N-dealkylation sites (tertiary alicyclic amines) is 1. The summed E-state index contributed by atoms with van der Waals surface area (Å²) in [4.78, 5) is 2.32. The van der Waals surface area contributed by atoms with Crippen molar-refractivity contribution in [1.29, 1.82) is 0 Å². The average molecular weight is 243 g/mol. The molecule has 0 N–H and O–H groups in total. The molecule has 2 atom stereocenters. The van der Waals surface area contributed by atoms with Gasteiger partial charge in [-0.1, -0.05) is 6.92 Å². The molecular formula is C14H26FNO. The summed E-state index contributed by atoms with van der Waals surface area (Å²) in [5.41, 5.74) is 0.354. The van der Waals surface area contributed by atoms with Crippen LogP contribution in [0.25, 0.3) is 0 Å². The van der Waals surface area contributed by atoms with E-state index in [0.29, 0.717) is 18.1 Å². The first-order chi connectivity index (χ1) is 8.04. The quantitative estimate of drug-likeness (QED) is 0.711. The van der Waals surface area contributed by atoms with Crippen molar-refractivity contribution < 1.29 is 9.13 Å². The summed E-state index contributed by atoms with van der Waals surface area (Å²) in [5, 5.41) is 0. The highest BCUT2D eigenvalue weighted by molar-refractivity contribution is 4.98. The third-order valence-corrected chi connectivity index (χ3v) is 4.20. The topological polar surface area (TPSA) is 12.5 Å². The number of hydrogen-bond acceptors (Lipinski definition) is 2. The van der Waals surface area contributed by atoms with Crippen molar-refractivity contribution >= 4 is 0 Å². The van der Waals surface area contributed by atoms with Gasteiger partial charge in [0.05, 0.1) is 12.7 Å². The van der Waals surface area contributed by atoms with Crippen LogP contribution in [-0.2, 0) is 4.74 Å². The van der Waals surface area contributed by atoms with Gasteiger partial charge >= 0.3 is 0 Å². The molecule has 1 aliphatic carbocycles.